The van der Waals surface area contributed by atoms with Crippen molar-refractivity contribution in [3.8, 4) is 6.07 Å². The molecule has 0 aromatic heterocycles. The molecule has 114 valence electrons. The van der Waals surface area contributed by atoms with Gasteiger partial charge in [0.05, 0.1) is 6.07 Å². The predicted molar refractivity (Wildman–Crippen MR) is 83.4 cm³/mol. The van der Waals surface area contributed by atoms with E-state index in [2.05, 4.69) is 30.3 Å². The maximum absolute atomic E-state index is 9.65. The second-order valence-corrected chi connectivity index (χ2v) is 6.95. The predicted octanol–water partition coefficient (Wildman–Crippen LogP) is 3.17. The Balaban J connectivity index is 1.78. The molecule has 2 rings (SSSR count). The van der Waals surface area contributed by atoms with Gasteiger partial charge in [0.15, 0.2) is 0 Å². The lowest BCUT2D eigenvalue weighted by molar-refractivity contribution is 0.186. The molecular weight excluding hydrogens is 246 g/mol. The fourth-order valence-electron chi connectivity index (χ4n) is 3.82. The van der Waals surface area contributed by atoms with Crippen molar-refractivity contribution in [3.05, 3.63) is 0 Å². The van der Waals surface area contributed by atoms with Gasteiger partial charge in [0.2, 0.25) is 0 Å². The number of hydrogen-bond donors (Lipinski definition) is 1. The first kappa shape index (κ1) is 15.8. The van der Waals surface area contributed by atoms with E-state index in [-0.39, 0.29) is 5.54 Å². The van der Waals surface area contributed by atoms with Crippen LogP contribution in [0.3, 0.4) is 0 Å². The molecule has 0 radical (unpaired) electrons. The Morgan fingerprint density at radius 2 is 2.10 bits per heavy atom. The van der Waals surface area contributed by atoms with Crippen molar-refractivity contribution >= 4 is 0 Å². The molecule has 0 heterocycles. The molecule has 20 heavy (non-hydrogen) atoms. The summed E-state index contributed by atoms with van der Waals surface area (Å²) < 4.78 is 0. The van der Waals surface area contributed by atoms with Gasteiger partial charge in [0, 0.05) is 6.54 Å². The largest absolute Gasteiger partial charge is 0.306 e. The van der Waals surface area contributed by atoms with Gasteiger partial charge in [-0.3, -0.25) is 5.32 Å². The van der Waals surface area contributed by atoms with E-state index in [0.29, 0.717) is 5.92 Å². The molecule has 0 aromatic carbocycles. The first-order valence-electron chi connectivity index (χ1n) is 8.55. The Labute approximate surface area is 124 Å². The van der Waals surface area contributed by atoms with E-state index < -0.39 is 0 Å². The summed E-state index contributed by atoms with van der Waals surface area (Å²) in [6.07, 6.45) is 10.0. The van der Waals surface area contributed by atoms with Crippen molar-refractivity contribution in [2.24, 2.45) is 11.8 Å². The van der Waals surface area contributed by atoms with Crippen LogP contribution in [0, 0.1) is 23.2 Å². The minimum Gasteiger partial charge on any atom is -0.306 e. The third-order valence-electron chi connectivity index (χ3n) is 5.36. The fourth-order valence-corrected chi connectivity index (χ4v) is 3.82. The number of nitriles is 1. The summed E-state index contributed by atoms with van der Waals surface area (Å²) in [7, 11) is 2.25. The number of nitrogens with one attached hydrogen (secondary N) is 1. The smallest absolute Gasteiger partial charge is 0.109 e. The molecular formula is C17H31N3. The average Bonchev–Trinajstić information content (AvgIpc) is 2.82. The molecule has 2 fully saturated rings. The van der Waals surface area contributed by atoms with E-state index in [4.69, 9.17) is 0 Å². The van der Waals surface area contributed by atoms with Crippen LogP contribution in [-0.4, -0.2) is 37.1 Å². The van der Waals surface area contributed by atoms with E-state index in [0.717, 1.165) is 31.8 Å². The third-order valence-corrected chi connectivity index (χ3v) is 5.36. The van der Waals surface area contributed by atoms with Gasteiger partial charge in [-0.25, -0.2) is 0 Å². The van der Waals surface area contributed by atoms with Crippen LogP contribution in [0.5, 0.6) is 0 Å². The molecule has 0 aromatic rings. The topological polar surface area (TPSA) is 39.1 Å². The van der Waals surface area contributed by atoms with Crippen LogP contribution in [-0.2, 0) is 0 Å². The summed E-state index contributed by atoms with van der Waals surface area (Å²) in [5.41, 5.74) is -0.229. The van der Waals surface area contributed by atoms with Gasteiger partial charge < -0.3 is 4.90 Å². The highest BCUT2D eigenvalue weighted by Gasteiger charge is 2.42. The fraction of sp³-hybridized carbons (Fsp3) is 0.941. The second kappa shape index (κ2) is 7.43. The first-order chi connectivity index (χ1) is 9.70. The molecule has 2 aliphatic rings. The zero-order valence-electron chi connectivity index (χ0n) is 13.3. The van der Waals surface area contributed by atoms with Crippen LogP contribution in [0.25, 0.3) is 0 Å². The van der Waals surface area contributed by atoms with Gasteiger partial charge in [-0.05, 0) is 70.5 Å². The highest BCUT2D eigenvalue weighted by atomic mass is 15.1. The third kappa shape index (κ3) is 3.74. The lowest BCUT2D eigenvalue weighted by Crippen LogP contribution is -2.48. The van der Waals surface area contributed by atoms with Gasteiger partial charge in [-0.1, -0.05) is 19.8 Å². The van der Waals surface area contributed by atoms with E-state index in [1.54, 1.807) is 0 Å². The minimum absolute atomic E-state index is 0.229. The summed E-state index contributed by atoms with van der Waals surface area (Å²) in [6.45, 7) is 5.56. The van der Waals surface area contributed by atoms with Gasteiger partial charge in [0.25, 0.3) is 0 Å². The lowest BCUT2D eigenvalue weighted by atomic mass is 9.84. The Morgan fingerprint density at radius 1 is 1.30 bits per heavy atom. The van der Waals surface area contributed by atoms with Crippen molar-refractivity contribution < 1.29 is 0 Å². The van der Waals surface area contributed by atoms with E-state index >= 15 is 0 Å². The summed E-state index contributed by atoms with van der Waals surface area (Å²) in [5, 5.41) is 13.2. The molecule has 0 amide bonds. The molecule has 1 N–H and O–H groups in total. The van der Waals surface area contributed by atoms with Crippen molar-refractivity contribution in [1.29, 1.82) is 5.26 Å². The highest BCUT2D eigenvalue weighted by Crippen LogP contribution is 2.37. The van der Waals surface area contributed by atoms with Crippen molar-refractivity contribution in [1.82, 2.24) is 10.2 Å². The molecule has 3 nitrogen and oxygen atoms in total. The van der Waals surface area contributed by atoms with E-state index in [9.17, 15) is 5.26 Å². The Kier molecular flexibility index (Phi) is 5.86. The zero-order valence-corrected chi connectivity index (χ0v) is 13.3. The van der Waals surface area contributed by atoms with Crippen molar-refractivity contribution in [2.75, 3.05) is 26.7 Å². The number of rotatable bonds is 8. The monoisotopic (exact) mass is 277 g/mol. The van der Waals surface area contributed by atoms with Crippen molar-refractivity contribution in [2.45, 2.75) is 63.8 Å². The van der Waals surface area contributed by atoms with Crippen LogP contribution in [0.2, 0.25) is 0 Å². The molecule has 0 spiro atoms. The number of hydrogen-bond acceptors (Lipinski definition) is 3. The quantitative estimate of drug-likeness (QED) is 0.740. The van der Waals surface area contributed by atoms with Crippen LogP contribution in [0.1, 0.15) is 58.3 Å². The summed E-state index contributed by atoms with van der Waals surface area (Å²) in [4.78, 5) is 2.49. The minimum atomic E-state index is -0.229. The van der Waals surface area contributed by atoms with Crippen LogP contribution < -0.4 is 5.32 Å². The first-order valence-corrected chi connectivity index (χ1v) is 8.55. The standard InChI is InChI=1S/C17H31N3/c1-3-11-19-17(14-18)10-5-8-16(17)9-12-20(2)13-15-6-4-7-15/h15-16,19H,3-13H2,1-2H3. The maximum Gasteiger partial charge on any atom is 0.109 e. The molecule has 2 unspecified atom stereocenters. The molecule has 2 aliphatic carbocycles. The van der Waals surface area contributed by atoms with E-state index in [1.165, 1.54) is 45.1 Å². The summed E-state index contributed by atoms with van der Waals surface area (Å²) in [6, 6.07) is 2.62. The van der Waals surface area contributed by atoms with Gasteiger partial charge in [-0.2, -0.15) is 5.26 Å². The second-order valence-electron chi connectivity index (χ2n) is 6.95. The van der Waals surface area contributed by atoms with Gasteiger partial charge in [0.1, 0.15) is 5.54 Å². The van der Waals surface area contributed by atoms with Crippen LogP contribution in [0.4, 0.5) is 0 Å². The molecule has 3 heteroatoms. The Bertz CT molecular complexity index is 332. The SMILES string of the molecule is CCCNC1(C#N)CCCC1CCN(C)CC1CCC1. The van der Waals surface area contributed by atoms with E-state index in [1.807, 2.05) is 0 Å². The van der Waals surface area contributed by atoms with Crippen LogP contribution in [0.15, 0.2) is 0 Å². The lowest BCUT2D eigenvalue weighted by Gasteiger charge is -2.33. The van der Waals surface area contributed by atoms with Gasteiger partial charge >= 0.3 is 0 Å². The molecule has 0 saturated heterocycles. The maximum atomic E-state index is 9.65. The molecule has 0 aliphatic heterocycles. The summed E-state index contributed by atoms with van der Waals surface area (Å²) >= 11 is 0. The van der Waals surface area contributed by atoms with Crippen LogP contribution >= 0.6 is 0 Å². The molecule has 2 atom stereocenters. The molecule has 2 saturated carbocycles. The average molecular weight is 277 g/mol. The normalized spacial score (nSPS) is 30.4. The highest BCUT2D eigenvalue weighted by molar-refractivity contribution is 5.14. The zero-order chi connectivity index (χ0) is 14.4. The van der Waals surface area contributed by atoms with Gasteiger partial charge in [-0.15, -0.1) is 0 Å². The summed E-state index contributed by atoms with van der Waals surface area (Å²) in [5.74, 6) is 1.49. The van der Waals surface area contributed by atoms with Crippen molar-refractivity contribution in [3.63, 3.8) is 0 Å². The molecule has 0 bridgehead atoms. The Morgan fingerprint density at radius 3 is 2.70 bits per heavy atom. The number of nitrogens with zero attached hydrogens (tertiary/aromatic N) is 2. The Hall–Kier alpha value is -0.590.